The monoisotopic (exact) mass is 327 g/mol. The van der Waals surface area contributed by atoms with Crippen LogP contribution in [0.5, 0.6) is 0 Å². The lowest BCUT2D eigenvalue weighted by molar-refractivity contribution is -0.544. The fourth-order valence-electron chi connectivity index (χ4n) is 3.03. The van der Waals surface area contributed by atoms with E-state index >= 15 is 0 Å². The molecule has 0 aliphatic carbocycles. The van der Waals surface area contributed by atoms with Gasteiger partial charge in [-0.2, -0.15) is 4.74 Å². The molecular weight excluding hydrogens is 310 g/mol. The lowest BCUT2D eigenvalue weighted by atomic mass is 9.93. The summed E-state index contributed by atoms with van der Waals surface area (Å²) in [5.74, 6) is 0. The maximum Gasteiger partial charge on any atom is 0.269 e. The van der Waals surface area contributed by atoms with Crippen LogP contribution < -0.4 is 0 Å². The van der Waals surface area contributed by atoms with Crippen LogP contribution in [0.2, 0.25) is 0 Å². The van der Waals surface area contributed by atoms with Crippen LogP contribution in [0.3, 0.4) is 0 Å². The Labute approximate surface area is 138 Å². The third-order valence-electron chi connectivity index (χ3n) is 4.28. The molecule has 3 rings (SSSR count). The molecule has 24 heavy (non-hydrogen) atoms. The normalized spacial score (nSPS) is 20.4. The fraction of sp³-hybridized carbons (Fsp3) is 0.235. The predicted molar refractivity (Wildman–Crippen MR) is 87.7 cm³/mol. The molecule has 0 unspecified atom stereocenters. The SMILES string of the molecule is CC1(C)C(c2ccccc2)=[N+]([O-])[C@H](c2ccc([N+](=O)[O-])cc2)N1O. The Morgan fingerprint density at radius 2 is 1.71 bits per heavy atom. The molecule has 7 heteroatoms. The van der Waals surface area contributed by atoms with Crippen molar-refractivity contribution in [3.8, 4) is 0 Å². The Morgan fingerprint density at radius 1 is 1.12 bits per heavy atom. The van der Waals surface area contributed by atoms with E-state index in [0.717, 1.165) is 15.4 Å². The number of nitrogens with zero attached hydrogens (tertiary/aromatic N) is 3. The predicted octanol–water partition coefficient (Wildman–Crippen LogP) is 3.08. The van der Waals surface area contributed by atoms with Crippen molar-refractivity contribution in [1.82, 2.24) is 5.06 Å². The molecule has 0 fully saturated rings. The summed E-state index contributed by atoms with van der Waals surface area (Å²) in [5, 5.41) is 35.2. The number of non-ortho nitro benzene ring substituents is 1. The van der Waals surface area contributed by atoms with Gasteiger partial charge in [-0.3, -0.25) is 10.1 Å². The van der Waals surface area contributed by atoms with Crippen molar-refractivity contribution in [3.05, 3.63) is 81.0 Å². The van der Waals surface area contributed by atoms with Crippen molar-refractivity contribution in [2.24, 2.45) is 0 Å². The van der Waals surface area contributed by atoms with Gasteiger partial charge in [0.25, 0.3) is 11.9 Å². The highest BCUT2D eigenvalue weighted by molar-refractivity contribution is 6.04. The van der Waals surface area contributed by atoms with Gasteiger partial charge in [-0.25, -0.2) is 0 Å². The number of hydrogen-bond donors (Lipinski definition) is 1. The molecule has 1 heterocycles. The summed E-state index contributed by atoms with van der Waals surface area (Å²) in [6, 6.07) is 14.8. The van der Waals surface area contributed by atoms with Crippen molar-refractivity contribution < 1.29 is 14.9 Å². The molecule has 0 aromatic heterocycles. The van der Waals surface area contributed by atoms with Crippen LogP contribution in [-0.2, 0) is 0 Å². The first-order valence-corrected chi connectivity index (χ1v) is 7.46. The summed E-state index contributed by atoms with van der Waals surface area (Å²) in [7, 11) is 0. The van der Waals surface area contributed by atoms with E-state index in [-0.39, 0.29) is 5.69 Å². The molecule has 1 atom stereocenters. The second-order valence-electron chi connectivity index (χ2n) is 6.17. The van der Waals surface area contributed by atoms with E-state index in [2.05, 4.69) is 0 Å². The second-order valence-corrected chi connectivity index (χ2v) is 6.17. The zero-order valence-electron chi connectivity index (χ0n) is 13.3. The van der Waals surface area contributed by atoms with Gasteiger partial charge in [0.15, 0.2) is 0 Å². The third-order valence-corrected chi connectivity index (χ3v) is 4.28. The number of hydrogen-bond acceptors (Lipinski definition) is 5. The Balaban J connectivity index is 2.08. The first-order chi connectivity index (χ1) is 11.3. The minimum absolute atomic E-state index is 0.0646. The minimum atomic E-state index is -0.962. The van der Waals surface area contributed by atoms with Crippen molar-refractivity contribution in [2.45, 2.75) is 25.6 Å². The highest BCUT2D eigenvalue weighted by atomic mass is 16.6. The van der Waals surface area contributed by atoms with Crippen molar-refractivity contribution in [1.29, 1.82) is 0 Å². The summed E-state index contributed by atoms with van der Waals surface area (Å²) in [5.41, 5.74) is 0.674. The molecule has 0 spiro atoms. The highest BCUT2D eigenvalue weighted by Crippen LogP contribution is 2.37. The Hall–Kier alpha value is -2.77. The van der Waals surface area contributed by atoms with Crippen LogP contribution in [0.1, 0.15) is 31.1 Å². The van der Waals surface area contributed by atoms with Gasteiger partial charge in [0.05, 0.1) is 4.92 Å². The van der Waals surface area contributed by atoms with Crippen LogP contribution in [0.4, 0.5) is 5.69 Å². The summed E-state index contributed by atoms with van der Waals surface area (Å²) in [6.45, 7) is 3.51. The van der Waals surface area contributed by atoms with Gasteiger partial charge in [0.1, 0.15) is 5.54 Å². The number of rotatable bonds is 3. The number of hydroxylamine groups is 3. The molecule has 2 aromatic rings. The quantitative estimate of drug-likeness (QED) is 0.405. The fourth-order valence-corrected chi connectivity index (χ4v) is 3.03. The Morgan fingerprint density at radius 3 is 2.25 bits per heavy atom. The Bertz CT molecular complexity index is 800. The highest BCUT2D eigenvalue weighted by Gasteiger charge is 2.52. The summed E-state index contributed by atoms with van der Waals surface area (Å²) in [6.07, 6.45) is -0.962. The van der Waals surface area contributed by atoms with Gasteiger partial charge >= 0.3 is 0 Å². The largest absolute Gasteiger partial charge is 0.622 e. The maximum atomic E-state index is 12.9. The summed E-state index contributed by atoms with van der Waals surface area (Å²) in [4.78, 5) is 10.3. The first-order valence-electron chi connectivity index (χ1n) is 7.46. The average molecular weight is 327 g/mol. The molecule has 0 saturated heterocycles. The van der Waals surface area contributed by atoms with Crippen LogP contribution >= 0.6 is 0 Å². The van der Waals surface area contributed by atoms with E-state index in [1.54, 1.807) is 13.8 Å². The molecule has 7 nitrogen and oxygen atoms in total. The lowest BCUT2D eigenvalue weighted by Crippen LogP contribution is -2.44. The van der Waals surface area contributed by atoms with Gasteiger partial charge in [0, 0.05) is 23.3 Å². The zero-order chi connectivity index (χ0) is 17.5. The molecular formula is C17H17N3O4. The van der Waals surface area contributed by atoms with Gasteiger partial charge in [-0.1, -0.05) is 18.2 Å². The molecule has 0 saturated carbocycles. The van der Waals surface area contributed by atoms with E-state index in [1.807, 2.05) is 30.3 Å². The van der Waals surface area contributed by atoms with Gasteiger partial charge in [-0.05, 0) is 38.1 Å². The number of nitro groups is 1. The van der Waals surface area contributed by atoms with Crippen molar-refractivity contribution in [3.63, 3.8) is 0 Å². The van der Waals surface area contributed by atoms with Crippen LogP contribution in [0.15, 0.2) is 54.6 Å². The molecule has 1 aliphatic rings. The topological polar surface area (TPSA) is 92.7 Å². The van der Waals surface area contributed by atoms with Gasteiger partial charge in [-0.15, -0.1) is 5.06 Å². The zero-order valence-corrected chi connectivity index (χ0v) is 13.3. The molecule has 1 N–H and O–H groups in total. The first kappa shape index (κ1) is 16.1. The molecule has 1 aliphatic heterocycles. The minimum Gasteiger partial charge on any atom is -0.622 e. The lowest BCUT2D eigenvalue weighted by Gasteiger charge is -2.25. The van der Waals surface area contributed by atoms with E-state index in [1.165, 1.54) is 24.3 Å². The standard InChI is InChI=1S/C17H17N3O4/c1-17(2)15(12-6-4-3-5-7-12)18(21)16(19(17)22)13-8-10-14(11-9-13)20(23)24/h3-11,16,22H,1-2H3/t16-/m0/s1. The Kier molecular flexibility index (Phi) is 3.82. The van der Waals surface area contributed by atoms with E-state index in [0.29, 0.717) is 11.3 Å². The van der Waals surface area contributed by atoms with E-state index < -0.39 is 16.6 Å². The van der Waals surface area contributed by atoms with Crippen LogP contribution in [-0.4, -0.2) is 31.2 Å². The molecule has 2 aromatic carbocycles. The van der Waals surface area contributed by atoms with Crippen LogP contribution in [0, 0.1) is 15.3 Å². The van der Waals surface area contributed by atoms with Gasteiger partial charge < -0.3 is 10.4 Å². The summed E-state index contributed by atoms with van der Waals surface area (Å²) < 4.78 is 0.760. The average Bonchev–Trinajstić information content (AvgIpc) is 2.73. The maximum absolute atomic E-state index is 12.9. The van der Waals surface area contributed by atoms with Gasteiger partial charge in [0.2, 0.25) is 5.71 Å². The van der Waals surface area contributed by atoms with E-state index in [4.69, 9.17) is 0 Å². The van der Waals surface area contributed by atoms with Crippen LogP contribution in [0.25, 0.3) is 0 Å². The van der Waals surface area contributed by atoms with E-state index in [9.17, 15) is 20.5 Å². The molecule has 0 amide bonds. The molecule has 0 radical (unpaired) electrons. The smallest absolute Gasteiger partial charge is 0.269 e. The van der Waals surface area contributed by atoms with Crippen molar-refractivity contribution in [2.75, 3.05) is 0 Å². The van der Waals surface area contributed by atoms with Crippen molar-refractivity contribution >= 4 is 11.4 Å². The summed E-state index contributed by atoms with van der Waals surface area (Å²) >= 11 is 0. The third kappa shape index (κ3) is 2.44. The number of nitro benzene ring substituents is 1. The number of benzene rings is 2. The molecule has 124 valence electrons. The molecule has 0 bridgehead atoms. The second kappa shape index (κ2) is 5.70.